The van der Waals surface area contributed by atoms with Gasteiger partial charge in [0, 0.05) is 11.0 Å². The van der Waals surface area contributed by atoms with Gasteiger partial charge in [-0.05, 0) is 60.5 Å². The highest BCUT2D eigenvalue weighted by Crippen LogP contribution is 2.28. The highest BCUT2D eigenvalue weighted by molar-refractivity contribution is 9.10. The van der Waals surface area contributed by atoms with Gasteiger partial charge in [-0.1, -0.05) is 40.2 Å². The van der Waals surface area contributed by atoms with Gasteiger partial charge in [0.05, 0.1) is 22.6 Å². The van der Waals surface area contributed by atoms with Gasteiger partial charge in [-0.15, -0.1) is 0 Å². The van der Waals surface area contributed by atoms with Gasteiger partial charge >= 0.3 is 0 Å². The molecule has 0 spiro atoms. The Hall–Kier alpha value is -3.41. The smallest absolute Gasteiger partial charge is 0.257 e. The molecule has 8 nitrogen and oxygen atoms in total. The number of carbonyl (C=O) groups excluding carboxylic acids is 3. The van der Waals surface area contributed by atoms with Gasteiger partial charge in [0.25, 0.3) is 11.8 Å². The SMILES string of the molecule is NS(=O)(=O)c1ccc(CCN(C(=O)c2ccccc2F)C2CC(=O)N(c3ccc(Br)cc3)C2=O)cc1. The van der Waals surface area contributed by atoms with Crippen molar-refractivity contribution in [3.8, 4) is 0 Å². The largest absolute Gasteiger partial charge is 0.326 e. The summed E-state index contributed by atoms with van der Waals surface area (Å²) in [5.41, 5.74) is 0.812. The molecule has 1 heterocycles. The molecule has 3 aromatic carbocycles. The number of benzene rings is 3. The van der Waals surface area contributed by atoms with Crippen molar-refractivity contribution in [3.05, 3.63) is 94.2 Å². The number of anilines is 1. The highest BCUT2D eigenvalue weighted by atomic mass is 79.9. The number of rotatable bonds is 7. The molecule has 4 rings (SSSR count). The molecule has 2 N–H and O–H groups in total. The van der Waals surface area contributed by atoms with E-state index in [9.17, 15) is 27.2 Å². The molecular weight excluding hydrogens is 553 g/mol. The van der Waals surface area contributed by atoms with Crippen molar-refractivity contribution in [2.45, 2.75) is 23.8 Å². The summed E-state index contributed by atoms with van der Waals surface area (Å²) in [7, 11) is -3.86. The van der Waals surface area contributed by atoms with Crippen LogP contribution in [0.5, 0.6) is 0 Å². The van der Waals surface area contributed by atoms with Crippen LogP contribution in [0.1, 0.15) is 22.3 Å². The molecule has 0 aliphatic carbocycles. The number of hydrogen-bond acceptors (Lipinski definition) is 5. The molecule has 36 heavy (non-hydrogen) atoms. The number of primary sulfonamides is 1. The van der Waals surface area contributed by atoms with Crippen molar-refractivity contribution in [2.24, 2.45) is 5.14 Å². The van der Waals surface area contributed by atoms with Crippen LogP contribution in [0.2, 0.25) is 0 Å². The number of hydrogen-bond donors (Lipinski definition) is 1. The summed E-state index contributed by atoms with van der Waals surface area (Å²) in [6.07, 6.45) is -0.0270. The summed E-state index contributed by atoms with van der Waals surface area (Å²) in [5, 5.41) is 5.13. The van der Waals surface area contributed by atoms with Crippen LogP contribution >= 0.6 is 15.9 Å². The second-order valence-corrected chi connectivity index (χ2v) is 10.7. The number of carbonyl (C=O) groups is 3. The van der Waals surface area contributed by atoms with Crippen LogP contribution in [-0.4, -0.2) is 43.6 Å². The van der Waals surface area contributed by atoms with Crippen LogP contribution in [0, 0.1) is 5.82 Å². The lowest BCUT2D eigenvalue weighted by Crippen LogP contribution is -2.46. The van der Waals surface area contributed by atoms with Gasteiger partial charge in [-0.2, -0.15) is 0 Å². The summed E-state index contributed by atoms with van der Waals surface area (Å²) in [5.74, 6) is -2.53. The number of sulfonamides is 1. The summed E-state index contributed by atoms with van der Waals surface area (Å²) < 4.78 is 38.3. The average Bonchev–Trinajstić information content (AvgIpc) is 3.13. The molecule has 3 aromatic rings. The molecule has 0 aromatic heterocycles. The molecular formula is C25H21BrFN3O5S. The first-order valence-electron chi connectivity index (χ1n) is 10.9. The molecule has 1 atom stereocenters. The molecule has 0 bridgehead atoms. The van der Waals surface area contributed by atoms with E-state index in [1.165, 1.54) is 35.2 Å². The van der Waals surface area contributed by atoms with Crippen LogP contribution in [0.15, 0.2) is 82.2 Å². The van der Waals surface area contributed by atoms with E-state index in [1.807, 2.05) is 0 Å². The Labute approximate surface area is 215 Å². The molecule has 11 heteroatoms. The van der Waals surface area contributed by atoms with Gasteiger partial charge < -0.3 is 4.90 Å². The Bertz CT molecular complexity index is 1430. The Morgan fingerprint density at radius 1 is 1.03 bits per heavy atom. The van der Waals surface area contributed by atoms with Gasteiger partial charge in [-0.25, -0.2) is 22.8 Å². The standard InChI is InChI=1S/C25H21BrFN3O5S/c26-17-7-9-18(10-8-17)30-23(31)15-22(25(30)33)29(24(32)20-3-1-2-4-21(20)27)14-13-16-5-11-19(12-6-16)36(28,34)35/h1-12,22H,13-15H2,(H2,28,34,35). The van der Waals surface area contributed by atoms with Crippen LogP contribution in [0.3, 0.4) is 0 Å². The minimum atomic E-state index is -3.86. The number of halogens is 2. The fourth-order valence-electron chi connectivity index (χ4n) is 4.00. The fraction of sp³-hybridized carbons (Fsp3) is 0.160. The summed E-state index contributed by atoms with van der Waals surface area (Å²) >= 11 is 3.31. The maximum atomic E-state index is 14.5. The molecule has 1 fully saturated rings. The van der Waals surface area contributed by atoms with E-state index >= 15 is 0 Å². The van der Waals surface area contributed by atoms with E-state index in [2.05, 4.69) is 15.9 Å². The van der Waals surface area contributed by atoms with Gasteiger partial charge in [-0.3, -0.25) is 14.4 Å². The Morgan fingerprint density at radius 2 is 1.67 bits per heavy atom. The third kappa shape index (κ3) is 5.38. The molecule has 0 saturated carbocycles. The predicted octanol–water partition coefficient (Wildman–Crippen LogP) is 3.25. The zero-order valence-corrected chi connectivity index (χ0v) is 21.2. The minimum absolute atomic E-state index is 0.0141. The van der Waals surface area contributed by atoms with Crippen LogP contribution in [0.4, 0.5) is 10.1 Å². The molecule has 0 radical (unpaired) electrons. The van der Waals surface area contributed by atoms with Gasteiger partial charge in [0.1, 0.15) is 11.9 Å². The quantitative estimate of drug-likeness (QED) is 0.435. The van der Waals surface area contributed by atoms with E-state index in [0.717, 1.165) is 15.4 Å². The van der Waals surface area contributed by atoms with E-state index in [0.29, 0.717) is 11.3 Å². The van der Waals surface area contributed by atoms with Gasteiger partial charge in [0.2, 0.25) is 15.9 Å². The van der Waals surface area contributed by atoms with Crippen molar-refractivity contribution in [1.29, 1.82) is 0 Å². The molecule has 1 saturated heterocycles. The summed E-state index contributed by atoms with van der Waals surface area (Å²) in [6.45, 7) is -0.0141. The van der Waals surface area contributed by atoms with Crippen molar-refractivity contribution in [2.75, 3.05) is 11.4 Å². The van der Waals surface area contributed by atoms with Crippen LogP contribution in [0.25, 0.3) is 0 Å². The molecule has 1 aliphatic rings. The Balaban J connectivity index is 1.63. The predicted molar refractivity (Wildman–Crippen MR) is 134 cm³/mol. The fourth-order valence-corrected chi connectivity index (χ4v) is 4.78. The molecule has 3 amide bonds. The lowest BCUT2D eigenvalue weighted by atomic mass is 10.1. The lowest BCUT2D eigenvalue weighted by molar-refractivity contribution is -0.122. The Kier molecular flexibility index (Phi) is 7.34. The maximum Gasteiger partial charge on any atom is 0.257 e. The highest BCUT2D eigenvalue weighted by Gasteiger charge is 2.44. The first kappa shape index (κ1) is 25.7. The number of nitrogens with zero attached hydrogens (tertiary/aromatic N) is 2. The van der Waals surface area contributed by atoms with E-state index < -0.39 is 39.6 Å². The number of amides is 3. The third-order valence-corrected chi connectivity index (χ3v) is 7.30. The monoisotopic (exact) mass is 573 g/mol. The van der Waals surface area contributed by atoms with Gasteiger partial charge in [0.15, 0.2) is 0 Å². The summed E-state index contributed by atoms with van der Waals surface area (Å²) in [6, 6.07) is 16.7. The lowest BCUT2D eigenvalue weighted by Gasteiger charge is -2.28. The van der Waals surface area contributed by atoms with Crippen LogP contribution in [-0.2, 0) is 26.0 Å². The summed E-state index contributed by atoms with van der Waals surface area (Å²) in [4.78, 5) is 41.7. The van der Waals surface area contributed by atoms with Crippen LogP contribution < -0.4 is 10.0 Å². The minimum Gasteiger partial charge on any atom is -0.326 e. The second kappa shape index (κ2) is 10.3. The van der Waals surface area contributed by atoms with E-state index in [1.54, 1.807) is 36.4 Å². The average molecular weight is 574 g/mol. The normalized spacial score (nSPS) is 15.9. The first-order chi connectivity index (χ1) is 17.1. The molecule has 186 valence electrons. The van der Waals surface area contributed by atoms with Crippen molar-refractivity contribution in [3.63, 3.8) is 0 Å². The maximum absolute atomic E-state index is 14.5. The third-order valence-electron chi connectivity index (χ3n) is 5.84. The number of imide groups is 1. The van der Waals surface area contributed by atoms with E-state index in [4.69, 9.17) is 5.14 Å². The number of nitrogens with two attached hydrogens (primary N) is 1. The molecule has 1 aliphatic heterocycles. The second-order valence-electron chi connectivity index (χ2n) is 8.18. The van der Waals surface area contributed by atoms with Crippen molar-refractivity contribution >= 4 is 49.4 Å². The zero-order chi connectivity index (χ0) is 26.0. The first-order valence-corrected chi connectivity index (χ1v) is 13.2. The topological polar surface area (TPSA) is 118 Å². The Morgan fingerprint density at radius 3 is 2.28 bits per heavy atom. The molecule has 1 unspecified atom stereocenters. The van der Waals surface area contributed by atoms with Crippen molar-refractivity contribution < 1.29 is 27.2 Å². The zero-order valence-electron chi connectivity index (χ0n) is 18.8. The van der Waals surface area contributed by atoms with E-state index in [-0.39, 0.29) is 29.8 Å². The van der Waals surface area contributed by atoms with Crippen molar-refractivity contribution in [1.82, 2.24) is 4.90 Å².